The van der Waals surface area contributed by atoms with Crippen LogP contribution in [0.25, 0.3) is 0 Å². The van der Waals surface area contributed by atoms with E-state index in [2.05, 4.69) is 61.2 Å². The molecule has 2 aromatic rings. The molecule has 1 aliphatic rings. The summed E-state index contributed by atoms with van der Waals surface area (Å²) < 4.78 is 1.04. The first-order valence-corrected chi connectivity index (χ1v) is 8.05. The van der Waals surface area contributed by atoms with Gasteiger partial charge in [0, 0.05) is 23.6 Å². The Morgan fingerprint density at radius 1 is 1.10 bits per heavy atom. The lowest BCUT2D eigenvalue weighted by molar-refractivity contribution is 0.912. The largest absolute Gasteiger partial charge is 0.356 e. The third kappa shape index (κ3) is 3.35. The highest BCUT2D eigenvalue weighted by Crippen LogP contribution is 2.28. The normalized spacial score (nSPS) is 14.5. The molecule has 3 rings (SSSR count). The van der Waals surface area contributed by atoms with Crippen LogP contribution in [-0.2, 0) is 0 Å². The summed E-state index contributed by atoms with van der Waals surface area (Å²) in [6, 6.07) is 8.28. The molecular formula is C16H19BrN4. The van der Waals surface area contributed by atoms with E-state index in [9.17, 15) is 0 Å². The third-order valence-electron chi connectivity index (χ3n) is 3.64. The number of benzene rings is 1. The fourth-order valence-electron chi connectivity index (χ4n) is 2.58. The number of anilines is 3. The van der Waals surface area contributed by atoms with E-state index in [-0.39, 0.29) is 0 Å². The molecule has 1 N–H and O–H groups in total. The Balaban J connectivity index is 1.87. The zero-order valence-corrected chi connectivity index (χ0v) is 13.9. The van der Waals surface area contributed by atoms with E-state index in [0.29, 0.717) is 0 Å². The quantitative estimate of drug-likeness (QED) is 0.904. The van der Waals surface area contributed by atoms with Gasteiger partial charge in [-0.05, 0) is 60.3 Å². The average molecular weight is 347 g/mol. The van der Waals surface area contributed by atoms with Gasteiger partial charge in [-0.25, -0.2) is 9.97 Å². The molecule has 1 aromatic heterocycles. The lowest BCUT2D eigenvalue weighted by Crippen LogP contribution is -2.19. The summed E-state index contributed by atoms with van der Waals surface area (Å²) >= 11 is 3.59. The Morgan fingerprint density at radius 3 is 2.57 bits per heavy atom. The van der Waals surface area contributed by atoms with Gasteiger partial charge in [-0.1, -0.05) is 6.07 Å². The summed E-state index contributed by atoms with van der Waals surface area (Å²) in [5, 5.41) is 3.38. The van der Waals surface area contributed by atoms with Gasteiger partial charge in [0.1, 0.15) is 17.5 Å². The molecule has 0 radical (unpaired) electrons. The highest BCUT2D eigenvalue weighted by molar-refractivity contribution is 9.10. The molecule has 110 valence electrons. The molecule has 1 fully saturated rings. The van der Waals surface area contributed by atoms with Gasteiger partial charge in [0.25, 0.3) is 0 Å². The van der Waals surface area contributed by atoms with Crippen molar-refractivity contribution >= 4 is 33.3 Å². The average Bonchev–Trinajstić information content (AvgIpc) is 2.95. The van der Waals surface area contributed by atoms with Gasteiger partial charge in [-0.3, -0.25) is 0 Å². The molecule has 4 nitrogen and oxygen atoms in total. The van der Waals surface area contributed by atoms with Crippen molar-refractivity contribution in [1.29, 1.82) is 0 Å². The number of halogens is 1. The van der Waals surface area contributed by atoms with Crippen molar-refractivity contribution in [3.63, 3.8) is 0 Å². The Morgan fingerprint density at radius 2 is 1.86 bits per heavy atom. The Labute approximate surface area is 133 Å². The molecule has 0 aliphatic carbocycles. The van der Waals surface area contributed by atoms with Crippen LogP contribution in [0.3, 0.4) is 0 Å². The molecule has 1 saturated heterocycles. The maximum Gasteiger partial charge on any atom is 0.136 e. The number of nitrogens with zero attached hydrogens (tertiary/aromatic N) is 3. The first-order chi connectivity index (χ1) is 10.1. The van der Waals surface area contributed by atoms with Crippen LogP contribution in [0, 0.1) is 13.8 Å². The third-order valence-corrected chi connectivity index (χ3v) is 4.30. The molecule has 1 aromatic carbocycles. The summed E-state index contributed by atoms with van der Waals surface area (Å²) in [6.45, 7) is 6.19. The second kappa shape index (κ2) is 6.02. The molecule has 2 heterocycles. The van der Waals surface area contributed by atoms with E-state index in [1.807, 2.05) is 13.0 Å². The lowest BCUT2D eigenvalue weighted by atomic mass is 10.2. The molecule has 0 spiro atoms. The van der Waals surface area contributed by atoms with Gasteiger partial charge in [0.05, 0.1) is 5.69 Å². The van der Waals surface area contributed by atoms with Crippen LogP contribution < -0.4 is 10.2 Å². The molecule has 0 amide bonds. The number of aromatic nitrogens is 2. The minimum atomic E-state index is 0.796. The fraction of sp³-hybridized carbons (Fsp3) is 0.375. The van der Waals surface area contributed by atoms with E-state index in [1.165, 1.54) is 18.4 Å². The Hall–Kier alpha value is -1.62. The monoisotopic (exact) mass is 346 g/mol. The summed E-state index contributed by atoms with van der Waals surface area (Å²) in [5.74, 6) is 2.66. The Kier molecular flexibility index (Phi) is 4.10. The predicted molar refractivity (Wildman–Crippen MR) is 90.4 cm³/mol. The van der Waals surface area contributed by atoms with Gasteiger partial charge in [-0.2, -0.15) is 0 Å². The highest BCUT2D eigenvalue weighted by atomic mass is 79.9. The van der Waals surface area contributed by atoms with E-state index in [0.717, 1.165) is 40.7 Å². The number of hydrogen-bond acceptors (Lipinski definition) is 4. The first kappa shape index (κ1) is 14.3. The topological polar surface area (TPSA) is 41.0 Å². The van der Waals surface area contributed by atoms with E-state index < -0.39 is 0 Å². The summed E-state index contributed by atoms with van der Waals surface area (Å²) in [4.78, 5) is 11.4. The molecule has 1 aliphatic heterocycles. The van der Waals surface area contributed by atoms with Crippen molar-refractivity contribution < 1.29 is 0 Å². The van der Waals surface area contributed by atoms with Crippen molar-refractivity contribution in [3.8, 4) is 0 Å². The zero-order valence-electron chi connectivity index (χ0n) is 12.4. The van der Waals surface area contributed by atoms with E-state index in [4.69, 9.17) is 0 Å². The molecule has 0 atom stereocenters. The van der Waals surface area contributed by atoms with E-state index >= 15 is 0 Å². The molecule has 0 saturated carbocycles. The van der Waals surface area contributed by atoms with Gasteiger partial charge in [-0.15, -0.1) is 0 Å². The zero-order chi connectivity index (χ0) is 14.8. The summed E-state index contributed by atoms with van der Waals surface area (Å²) in [5.41, 5.74) is 2.25. The van der Waals surface area contributed by atoms with Crippen molar-refractivity contribution in [2.75, 3.05) is 23.3 Å². The van der Waals surface area contributed by atoms with Gasteiger partial charge < -0.3 is 10.2 Å². The number of aryl methyl sites for hydroxylation is 2. The van der Waals surface area contributed by atoms with Gasteiger partial charge >= 0.3 is 0 Å². The second-order valence-electron chi connectivity index (χ2n) is 5.46. The molecular weight excluding hydrogens is 328 g/mol. The minimum absolute atomic E-state index is 0.796. The Bertz CT molecular complexity index is 651. The standard InChI is InChI=1S/C16H19BrN4/c1-11-5-6-14(13(17)9-11)20-15-10-16(19-12(2)18-15)21-7-3-4-8-21/h5-6,9-10H,3-4,7-8H2,1-2H3,(H,18,19,20). The molecule has 5 heteroatoms. The van der Waals surface area contributed by atoms with Crippen LogP contribution in [0.1, 0.15) is 24.2 Å². The number of nitrogens with one attached hydrogen (secondary N) is 1. The molecule has 0 bridgehead atoms. The van der Waals surface area contributed by atoms with Crippen molar-refractivity contribution in [1.82, 2.24) is 9.97 Å². The second-order valence-corrected chi connectivity index (χ2v) is 6.32. The van der Waals surface area contributed by atoms with Gasteiger partial charge in [0.2, 0.25) is 0 Å². The number of hydrogen-bond donors (Lipinski definition) is 1. The van der Waals surface area contributed by atoms with Crippen LogP contribution in [0.4, 0.5) is 17.3 Å². The van der Waals surface area contributed by atoms with Gasteiger partial charge in [0.15, 0.2) is 0 Å². The smallest absolute Gasteiger partial charge is 0.136 e. The van der Waals surface area contributed by atoms with Crippen molar-refractivity contribution in [2.45, 2.75) is 26.7 Å². The predicted octanol–water partition coefficient (Wildman–Crippen LogP) is 4.20. The summed E-state index contributed by atoms with van der Waals surface area (Å²) in [6.07, 6.45) is 2.49. The maximum atomic E-state index is 4.56. The van der Waals surface area contributed by atoms with E-state index in [1.54, 1.807) is 0 Å². The van der Waals surface area contributed by atoms with Crippen LogP contribution in [0.5, 0.6) is 0 Å². The molecule has 0 unspecified atom stereocenters. The number of rotatable bonds is 3. The minimum Gasteiger partial charge on any atom is -0.356 e. The van der Waals surface area contributed by atoms with Crippen molar-refractivity contribution in [2.24, 2.45) is 0 Å². The lowest BCUT2D eigenvalue weighted by Gasteiger charge is -2.18. The van der Waals surface area contributed by atoms with Crippen LogP contribution >= 0.6 is 15.9 Å². The SMILES string of the molecule is Cc1ccc(Nc2cc(N3CCCC3)nc(C)n2)c(Br)c1. The van der Waals surface area contributed by atoms with Crippen LogP contribution in [0.2, 0.25) is 0 Å². The maximum absolute atomic E-state index is 4.56. The fourth-order valence-corrected chi connectivity index (χ4v) is 3.18. The highest BCUT2D eigenvalue weighted by Gasteiger charge is 2.15. The van der Waals surface area contributed by atoms with Crippen LogP contribution in [0.15, 0.2) is 28.7 Å². The van der Waals surface area contributed by atoms with Crippen molar-refractivity contribution in [3.05, 3.63) is 40.1 Å². The van der Waals surface area contributed by atoms with Crippen LogP contribution in [-0.4, -0.2) is 23.1 Å². The first-order valence-electron chi connectivity index (χ1n) is 7.25. The summed E-state index contributed by atoms with van der Waals surface area (Å²) in [7, 11) is 0. The molecule has 21 heavy (non-hydrogen) atoms.